The molecule has 0 radical (unpaired) electrons. The lowest BCUT2D eigenvalue weighted by Crippen LogP contribution is -2.55. The number of rotatable bonds is 4. The maximum atomic E-state index is 12.5. The smallest absolute Gasteiger partial charge is 0.237 e. The molecule has 132 valence electrons. The first-order valence-electron chi connectivity index (χ1n) is 8.58. The van der Waals surface area contributed by atoms with Gasteiger partial charge < -0.3 is 19.5 Å². The minimum Gasteiger partial charge on any atom is -0.486 e. The number of benzene rings is 1. The number of carbonyl (C=O) groups is 1. The molecule has 4 atom stereocenters. The highest BCUT2D eigenvalue weighted by Crippen LogP contribution is 2.30. The predicted molar refractivity (Wildman–Crippen MR) is 90.4 cm³/mol. The largest absolute Gasteiger partial charge is 0.486 e. The zero-order valence-corrected chi connectivity index (χ0v) is 14.5. The molecule has 1 saturated heterocycles. The van der Waals surface area contributed by atoms with Gasteiger partial charge in [0.05, 0.1) is 24.8 Å². The van der Waals surface area contributed by atoms with Gasteiger partial charge in [-0.25, -0.2) is 0 Å². The van der Waals surface area contributed by atoms with E-state index >= 15 is 0 Å². The van der Waals surface area contributed by atoms with Crippen LogP contribution in [0.1, 0.15) is 20.8 Å². The Bertz CT molecular complexity index is 570. The van der Waals surface area contributed by atoms with Crippen molar-refractivity contribution in [2.24, 2.45) is 0 Å². The molecular weight excluding hydrogens is 308 g/mol. The molecule has 2 heterocycles. The van der Waals surface area contributed by atoms with Crippen LogP contribution in [0.5, 0.6) is 11.5 Å². The number of nitrogens with zero attached hydrogens (tertiary/aromatic N) is 1. The Balaban J connectivity index is 1.49. The number of amides is 1. The average Bonchev–Trinajstić information content (AvgIpc) is 2.58. The van der Waals surface area contributed by atoms with Crippen LogP contribution in [0.3, 0.4) is 0 Å². The number of carbonyl (C=O) groups excluding carboxylic acids is 1. The molecule has 6 heteroatoms. The molecule has 0 saturated carbocycles. The predicted octanol–water partition coefficient (Wildman–Crippen LogP) is 1.44. The van der Waals surface area contributed by atoms with Gasteiger partial charge in [0.2, 0.25) is 5.91 Å². The molecule has 0 aromatic heterocycles. The molecule has 24 heavy (non-hydrogen) atoms. The van der Waals surface area contributed by atoms with Crippen LogP contribution in [-0.4, -0.2) is 61.4 Å². The van der Waals surface area contributed by atoms with Crippen LogP contribution < -0.4 is 14.8 Å². The normalized spacial score (nSPS) is 28.2. The van der Waals surface area contributed by atoms with Crippen molar-refractivity contribution in [2.45, 2.75) is 45.1 Å². The Morgan fingerprint density at radius 2 is 1.92 bits per heavy atom. The summed E-state index contributed by atoms with van der Waals surface area (Å²) >= 11 is 0. The second kappa shape index (κ2) is 7.40. The number of nitrogens with one attached hydrogen (secondary N) is 1. The van der Waals surface area contributed by atoms with Crippen LogP contribution in [-0.2, 0) is 9.53 Å². The highest BCUT2D eigenvalue weighted by molar-refractivity contribution is 5.81. The Kier molecular flexibility index (Phi) is 5.26. The highest BCUT2D eigenvalue weighted by Gasteiger charge is 2.30. The summed E-state index contributed by atoms with van der Waals surface area (Å²) in [6.07, 6.45) is 0.129. The molecule has 1 N–H and O–H groups in total. The standard InChI is InChI=1S/C18H26N2O4/c1-12-9-20(10-13(2)23-12)14(3)18(21)19-8-15-11-22-16-6-4-5-7-17(16)24-15/h4-7,12-15H,8-11H2,1-3H3,(H,19,21)/t12-,13-,14-,15+/m1/s1. The van der Waals surface area contributed by atoms with Gasteiger partial charge in [-0.1, -0.05) is 12.1 Å². The first kappa shape index (κ1) is 17.0. The molecule has 0 spiro atoms. The highest BCUT2D eigenvalue weighted by atomic mass is 16.6. The molecule has 1 fully saturated rings. The van der Waals surface area contributed by atoms with E-state index in [4.69, 9.17) is 14.2 Å². The number of hydrogen-bond donors (Lipinski definition) is 1. The molecule has 3 rings (SSSR count). The van der Waals surface area contributed by atoms with Crippen LogP contribution in [0.2, 0.25) is 0 Å². The summed E-state index contributed by atoms with van der Waals surface area (Å²) in [6, 6.07) is 7.40. The zero-order chi connectivity index (χ0) is 17.1. The second-order valence-electron chi connectivity index (χ2n) is 6.63. The van der Waals surface area contributed by atoms with Crippen molar-refractivity contribution >= 4 is 5.91 Å². The molecular formula is C18H26N2O4. The molecule has 2 aliphatic rings. The van der Waals surface area contributed by atoms with Crippen LogP contribution in [0.25, 0.3) is 0 Å². The Hall–Kier alpha value is -1.79. The quantitative estimate of drug-likeness (QED) is 0.903. The zero-order valence-electron chi connectivity index (χ0n) is 14.5. The van der Waals surface area contributed by atoms with Gasteiger partial charge in [-0.2, -0.15) is 0 Å². The fourth-order valence-electron chi connectivity index (χ4n) is 3.23. The van der Waals surface area contributed by atoms with Crippen LogP contribution in [0.4, 0.5) is 0 Å². The number of morpholine rings is 1. The fourth-order valence-corrected chi connectivity index (χ4v) is 3.23. The molecule has 0 aliphatic carbocycles. The number of fused-ring (bicyclic) bond motifs is 1. The van der Waals surface area contributed by atoms with E-state index in [1.54, 1.807) is 0 Å². The van der Waals surface area contributed by atoms with Crippen LogP contribution in [0, 0.1) is 0 Å². The lowest BCUT2D eigenvalue weighted by atomic mass is 10.1. The lowest BCUT2D eigenvalue weighted by molar-refractivity contribution is -0.132. The Morgan fingerprint density at radius 3 is 2.62 bits per heavy atom. The van der Waals surface area contributed by atoms with Crippen LogP contribution in [0.15, 0.2) is 24.3 Å². The van der Waals surface area contributed by atoms with Crippen molar-refractivity contribution in [1.82, 2.24) is 10.2 Å². The molecule has 1 amide bonds. The van der Waals surface area contributed by atoms with E-state index in [2.05, 4.69) is 10.2 Å². The molecule has 1 aromatic carbocycles. The molecule has 0 bridgehead atoms. The molecule has 0 unspecified atom stereocenters. The lowest BCUT2D eigenvalue weighted by Gasteiger charge is -2.38. The van der Waals surface area contributed by atoms with Crippen molar-refractivity contribution in [3.8, 4) is 11.5 Å². The van der Waals surface area contributed by atoms with E-state index in [0.29, 0.717) is 13.2 Å². The summed E-state index contributed by atoms with van der Waals surface area (Å²) in [5.41, 5.74) is 0. The summed E-state index contributed by atoms with van der Waals surface area (Å²) in [6.45, 7) is 8.44. The van der Waals surface area contributed by atoms with Gasteiger partial charge in [-0.15, -0.1) is 0 Å². The minimum absolute atomic E-state index is 0.0127. The molecule has 6 nitrogen and oxygen atoms in total. The summed E-state index contributed by atoms with van der Waals surface area (Å²) in [5, 5.41) is 2.98. The Labute approximate surface area is 143 Å². The third kappa shape index (κ3) is 3.99. The maximum absolute atomic E-state index is 12.5. The van der Waals surface area contributed by atoms with Gasteiger partial charge in [0.1, 0.15) is 12.7 Å². The van der Waals surface area contributed by atoms with E-state index in [1.165, 1.54) is 0 Å². The minimum atomic E-state index is -0.185. The van der Waals surface area contributed by atoms with Crippen molar-refractivity contribution in [3.05, 3.63) is 24.3 Å². The average molecular weight is 334 g/mol. The van der Waals surface area contributed by atoms with E-state index in [-0.39, 0.29) is 30.3 Å². The second-order valence-corrected chi connectivity index (χ2v) is 6.63. The first-order valence-corrected chi connectivity index (χ1v) is 8.58. The monoisotopic (exact) mass is 334 g/mol. The van der Waals surface area contributed by atoms with Crippen molar-refractivity contribution in [2.75, 3.05) is 26.2 Å². The SMILES string of the molecule is C[C@@H]1CN([C@H](C)C(=O)NC[C@H]2COc3ccccc3O2)C[C@@H](C)O1. The van der Waals surface area contributed by atoms with Gasteiger partial charge in [0.25, 0.3) is 0 Å². The summed E-state index contributed by atoms with van der Waals surface area (Å²) in [5.74, 6) is 1.50. The van der Waals surface area contributed by atoms with E-state index in [0.717, 1.165) is 24.6 Å². The van der Waals surface area contributed by atoms with Crippen molar-refractivity contribution in [3.63, 3.8) is 0 Å². The van der Waals surface area contributed by atoms with Crippen molar-refractivity contribution < 1.29 is 19.0 Å². The third-order valence-corrected chi connectivity index (χ3v) is 4.45. The van der Waals surface area contributed by atoms with E-state index < -0.39 is 0 Å². The van der Waals surface area contributed by atoms with Gasteiger partial charge in [-0.05, 0) is 32.9 Å². The van der Waals surface area contributed by atoms with Gasteiger partial charge in [0, 0.05) is 13.1 Å². The molecule has 1 aromatic rings. The summed E-state index contributed by atoms with van der Waals surface area (Å²) < 4.78 is 17.3. The van der Waals surface area contributed by atoms with Gasteiger partial charge in [0.15, 0.2) is 11.5 Å². The molecule has 2 aliphatic heterocycles. The topological polar surface area (TPSA) is 60.0 Å². The van der Waals surface area contributed by atoms with E-state index in [1.807, 2.05) is 45.0 Å². The van der Waals surface area contributed by atoms with Crippen LogP contribution >= 0.6 is 0 Å². The first-order chi connectivity index (χ1) is 11.5. The Morgan fingerprint density at radius 1 is 1.25 bits per heavy atom. The van der Waals surface area contributed by atoms with Crippen molar-refractivity contribution in [1.29, 1.82) is 0 Å². The van der Waals surface area contributed by atoms with Gasteiger partial charge in [-0.3, -0.25) is 9.69 Å². The van der Waals surface area contributed by atoms with Gasteiger partial charge >= 0.3 is 0 Å². The number of para-hydroxylation sites is 2. The summed E-state index contributed by atoms with van der Waals surface area (Å²) in [4.78, 5) is 14.6. The summed E-state index contributed by atoms with van der Waals surface area (Å²) in [7, 11) is 0. The number of ether oxygens (including phenoxy) is 3. The fraction of sp³-hybridized carbons (Fsp3) is 0.611. The van der Waals surface area contributed by atoms with E-state index in [9.17, 15) is 4.79 Å². The third-order valence-electron chi connectivity index (χ3n) is 4.45. The maximum Gasteiger partial charge on any atom is 0.237 e. The number of hydrogen-bond acceptors (Lipinski definition) is 5.